The molecular formula is C19H19ClN4O2S. The van der Waals surface area contributed by atoms with Crippen LogP contribution in [-0.4, -0.2) is 31.5 Å². The molecule has 0 bridgehead atoms. The number of nitrogens with zero attached hydrogens (tertiary/aromatic N) is 3. The predicted molar refractivity (Wildman–Crippen MR) is 108 cm³/mol. The molecule has 8 heteroatoms. The van der Waals surface area contributed by atoms with Gasteiger partial charge in [0.05, 0.1) is 11.3 Å². The van der Waals surface area contributed by atoms with E-state index < -0.39 is 0 Å². The van der Waals surface area contributed by atoms with E-state index in [1.165, 1.54) is 23.4 Å². The van der Waals surface area contributed by atoms with Crippen LogP contribution in [0.4, 0.5) is 5.69 Å². The number of aromatic hydroxyl groups is 1. The fourth-order valence-electron chi connectivity index (χ4n) is 2.51. The molecule has 2 aromatic carbocycles. The summed E-state index contributed by atoms with van der Waals surface area (Å²) in [6.45, 7) is 2.09. The largest absolute Gasteiger partial charge is 0.507 e. The van der Waals surface area contributed by atoms with Gasteiger partial charge in [0.25, 0.3) is 0 Å². The standard InChI is InChI=1S/C19H19ClN4O2S/c1-3-12-4-7-14(8-5-12)21-17(26)11-27-19-23-22-18(24(19)2)15-10-13(20)6-9-16(15)25/h4-10,25H,3,11H2,1-2H3,(H,21,26). The van der Waals surface area contributed by atoms with Gasteiger partial charge in [-0.25, -0.2) is 0 Å². The van der Waals surface area contributed by atoms with Gasteiger partial charge in [-0.3, -0.25) is 4.79 Å². The zero-order valence-corrected chi connectivity index (χ0v) is 16.5. The lowest BCUT2D eigenvalue weighted by Gasteiger charge is -2.07. The number of benzene rings is 2. The maximum atomic E-state index is 12.2. The first-order chi connectivity index (χ1) is 13.0. The average Bonchev–Trinajstić information content (AvgIpc) is 3.03. The number of anilines is 1. The number of nitrogens with one attached hydrogen (secondary N) is 1. The molecule has 0 saturated carbocycles. The monoisotopic (exact) mass is 402 g/mol. The van der Waals surface area contributed by atoms with Crippen molar-refractivity contribution in [1.82, 2.24) is 14.8 Å². The summed E-state index contributed by atoms with van der Waals surface area (Å²) in [6.07, 6.45) is 0.959. The highest BCUT2D eigenvalue weighted by Gasteiger charge is 2.16. The zero-order chi connectivity index (χ0) is 19.4. The Kier molecular flexibility index (Phi) is 6.03. The zero-order valence-electron chi connectivity index (χ0n) is 14.9. The van der Waals surface area contributed by atoms with Gasteiger partial charge < -0.3 is 15.0 Å². The normalized spacial score (nSPS) is 10.8. The van der Waals surface area contributed by atoms with Crippen molar-refractivity contribution >= 4 is 35.0 Å². The number of hydrogen-bond acceptors (Lipinski definition) is 5. The van der Waals surface area contributed by atoms with Crippen LogP contribution >= 0.6 is 23.4 Å². The molecule has 2 N–H and O–H groups in total. The third-order valence-electron chi connectivity index (χ3n) is 4.01. The fraction of sp³-hybridized carbons (Fsp3) is 0.211. The molecule has 3 rings (SSSR count). The van der Waals surface area contributed by atoms with Crippen LogP contribution in [0.25, 0.3) is 11.4 Å². The molecule has 0 unspecified atom stereocenters. The maximum absolute atomic E-state index is 12.2. The van der Waals surface area contributed by atoms with E-state index in [0.717, 1.165) is 12.1 Å². The van der Waals surface area contributed by atoms with E-state index in [0.29, 0.717) is 21.6 Å². The van der Waals surface area contributed by atoms with Crippen LogP contribution in [-0.2, 0) is 18.3 Å². The number of thioether (sulfide) groups is 1. The highest BCUT2D eigenvalue weighted by molar-refractivity contribution is 7.99. The number of aromatic nitrogens is 3. The molecule has 0 spiro atoms. The molecule has 0 atom stereocenters. The van der Waals surface area contributed by atoms with E-state index >= 15 is 0 Å². The van der Waals surface area contributed by atoms with Gasteiger partial charge in [-0.2, -0.15) is 0 Å². The van der Waals surface area contributed by atoms with Crippen molar-refractivity contribution in [2.45, 2.75) is 18.5 Å². The summed E-state index contributed by atoms with van der Waals surface area (Å²) in [5.74, 6) is 0.621. The quantitative estimate of drug-likeness (QED) is 0.606. The molecule has 27 heavy (non-hydrogen) atoms. The first-order valence-corrected chi connectivity index (χ1v) is 9.74. The van der Waals surface area contributed by atoms with Gasteiger partial charge in [-0.1, -0.05) is 42.4 Å². The van der Waals surface area contributed by atoms with Crippen LogP contribution in [0.1, 0.15) is 12.5 Å². The van der Waals surface area contributed by atoms with Crippen LogP contribution in [0, 0.1) is 0 Å². The lowest BCUT2D eigenvalue weighted by Crippen LogP contribution is -2.14. The van der Waals surface area contributed by atoms with Crippen LogP contribution in [0.3, 0.4) is 0 Å². The van der Waals surface area contributed by atoms with E-state index in [2.05, 4.69) is 22.4 Å². The second-order valence-corrected chi connectivity index (χ2v) is 7.29. The Balaban J connectivity index is 1.65. The smallest absolute Gasteiger partial charge is 0.234 e. The van der Waals surface area contributed by atoms with Crippen molar-refractivity contribution in [3.8, 4) is 17.1 Å². The summed E-state index contributed by atoms with van der Waals surface area (Å²) in [5.41, 5.74) is 2.48. The van der Waals surface area contributed by atoms with Crippen LogP contribution < -0.4 is 5.32 Å². The molecule has 0 aliphatic heterocycles. The summed E-state index contributed by atoms with van der Waals surface area (Å²) in [4.78, 5) is 12.2. The van der Waals surface area contributed by atoms with Gasteiger partial charge in [0.1, 0.15) is 5.75 Å². The second kappa shape index (κ2) is 8.45. The number of carbonyl (C=O) groups excluding carboxylic acids is 1. The van der Waals surface area contributed by atoms with Gasteiger partial charge in [-0.05, 0) is 42.3 Å². The van der Waals surface area contributed by atoms with Crippen molar-refractivity contribution < 1.29 is 9.90 Å². The molecule has 140 valence electrons. The Labute approximate surface area is 166 Å². The summed E-state index contributed by atoms with van der Waals surface area (Å²) in [7, 11) is 1.78. The topological polar surface area (TPSA) is 80.0 Å². The molecule has 0 saturated heterocycles. The molecule has 1 heterocycles. The van der Waals surface area contributed by atoms with Gasteiger partial charge in [0.15, 0.2) is 11.0 Å². The Morgan fingerprint density at radius 1 is 1.22 bits per heavy atom. The number of amides is 1. The first kappa shape index (κ1) is 19.3. The number of phenols is 1. The minimum Gasteiger partial charge on any atom is -0.507 e. The number of aryl methyl sites for hydroxylation is 1. The van der Waals surface area contributed by atoms with Crippen molar-refractivity contribution in [3.05, 3.63) is 53.1 Å². The summed E-state index contributed by atoms with van der Waals surface area (Å²) in [6, 6.07) is 12.5. The molecule has 1 amide bonds. The summed E-state index contributed by atoms with van der Waals surface area (Å²) in [5, 5.41) is 22.2. The second-order valence-electron chi connectivity index (χ2n) is 5.91. The van der Waals surface area contributed by atoms with E-state index in [4.69, 9.17) is 11.6 Å². The Morgan fingerprint density at radius 3 is 2.67 bits per heavy atom. The average molecular weight is 403 g/mol. The lowest BCUT2D eigenvalue weighted by atomic mass is 10.1. The van der Waals surface area contributed by atoms with Crippen molar-refractivity contribution in [3.63, 3.8) is 0 Å². The lowest BCUT2D eigenvalue weighted by molar-refractivity contribution is -0.113. The highest BCUT2D eigenvalue weighted by Crippen LogP contribution is 2.31. The Morgan fingerprint density at radius 2 is 1.96 bits per heavy atom. The molecule has 0 aliphatic rings. The van der Waals surface area contributed by atoms with Crippen LogP contribution in [0.5, 0.6) is 5.75 Å². The molecule has 0 fully saturated rings. The predicted octanol–water partition coefficient (Wildman–Crippen LogP) is 4.13. The SMILES string of the molecule is CCc1ccc(NC(=O)CSc2nnc(-c3cc(Cl)ccc3O)n2C)cc1. The third kappa shape index (κ3) is 4.61. The van der Waals surface area contributed by atoms with Crippen LogP contribution in [0.2, 0.25) is 5.02 Å². The van der Waals surface area contributed by atoms with Gasteiger partial charge >= 0.3 is 0 Å². The number of rotatable bonds is 6. The summed E-state index contributed by atoms with van der Waals surface area (Å²) < 4.78 is 1.72. The van der Waals surface area contributed by atoms with Crippen molar-refractivity contribution in [2.75, 3.05) is 11.1 Å². The van der Waals surface area contributed by atoms with Crippen molar-refractivity contribution in [1.29, 1.82) is 0 Å². The molecule has 0 aliphatic carbocycles. The number of carbonyl (C=O) groups is 1. The minimum atomic E-state index is -0.126. The molecule has 3 aromatic rings. The van der Waals surface area contributed by atoms with Gasteiger partial charge in [-0.15, -0.1) is 10.2 Å². The van der Waals surface area contributed by atoms with Crippen molar-refractivity contribution in [2.24, 2.45) is 7.05 Å². The fourth-order valence-corrected chi connectivity index (χ4v) is 3.40. The first-order valence-electron chi connectivity index (χ1n) is 8.37. The summed E-state index contributed by atoms with van der Waals surface area (Å²) >= 11 is 7.27. The van der Waals surface area contributed by atoms with E-state index in [1.807, 2.05) is 24.3 Å². The molecular weight excluding hydrogens is 384 g/mol. The maximum Gasteiger partial charge on any atom is 0.234 e. The molecule has 1 aromatic heterocycles. The molecule has 0 radical (unpaired) electrons. The van der Waals surface area contributed by atoms with E-state index in [1.54, 1.807) is 23.7 Å². The third-order valence-corrected chi connectivity index (χ3v) is 5.27. The molecule has 6 nitrogen and oxygen atoms in total. The minimum absolute atomic E-state index is 0.0692. The Hall–Kier alpha value is -2.51. The number of hydrogen-bond donors (Lipinski definition) is 2. The number of halogens is 1. The van der Waals surface area contributed by atoms with E-state index in [9.17, 15) is 9.90 Å². The van der Waals surface area contributed by atoms with Gasteiger partial charge in [0, 0.05) is 17.8 Å². The highest BCUT2D eigenvalue weighted by atomic mass is 35.5. The van der Waals surface area contributed by atoms with Crippen LogP contribution in [0.15, 0.2) is 47.6 Å². The number of phenolic OH excluding ortho intramolecular Hbond substituents is 1. The van der Waals surface area contributed by atoms with E-state index in [-0.39, 0.29) is 17.4 Å². The van der Waals surface area contributed by atoms with Gasteiger partial charge in [0.2, 0.25) is 5.91 Å². The Bertz CT molecular complexity index is 957.